The van der Waals surface area contributed by atoms with E-state index in [1.165, 1.54) is 11.3 Å². The molecule has 6 N–H and O–H groups in total. The average Bonchev–Trinajstić information content (AvgIpc) is 3.73. The van der Waals surface area contributed by atoms with Crippen molar-refractivity contribution >= 4 is 52.5 Å². The number of carbonyl (C=O) groups excluding carboxylic acids is 5. The first-order chi connectivity index (χ1) is 27.1. The van der Waals surface area contributed by atoms with Gasteiger partial charge in [0.1, 0.15) is 24.2 Å². The molecule has 2 bridgehead atoms. The molecule has 0 unspecified atom stereocenters. The van der Waals surface area contributed by atoms with Crippen molar-refractivity contribution in [2.24, 2.45) is 0 Å². The summed E-state index contributed by atoms with van der Waals surface area (Å²) in [7, 11) is 0. The molecule has 286 valence electrons. The molecule has 4 atom stereocenters. The Kier molecular flexibility index (Phi) is 13.0. The third-order valence-electron chi connectivity index (χ3n) is 9.32. The van der Waals surface area contributed by atoms with Crippen molar-refractivity contribution < 1.29 is 33.9 Å². The maximum Gasteiger partial charge on any atom is 0.326 e. The number of aliphatic carboxylic acids is 1. The van der Waals surface area contributed by atoms with Gasteiger partial charge in [-0.1, -0.05) is 103 Å². The molecule has 2 aliphatic heterocycles. The Morgan fingerprint density at radius 3 is 1.89 bits per heavy atom. The monoisotopic (exact) mass is 771 g/mol. The molecule has 12 nitrogen and oxygen atoms in total. The molecular formula is C43H41N5O7S. The van der Waals surface area contributed by atoms with Crippen LogP contribution in [0.1, 0.15) is 40.5 Å². The number of carboxylic acids is 1. The lowest BCUT2D eigenvalue weighted by Crippen LogP contribution is -2.56. The number of hydrogen-bond acceptors (Lipinski definition) is 7. The Labute approximate surface area is 327 Å². The normalized spacial score (nSPS) is 20.0. The third-order valence-corrected chi connectivity index (χ3v) is 10.2. The molecule has 1 aromatic heterocycles. The number of thiophene rings is 1. The quantitative estimate of drug-likeness (QED) is 0.131. The topological polar surface area (TPSA) is 183 Å². The number of amides is 5. The number of hydrogen-bond donors (Lipinski definition) is 6. The molecule has 0 radical (unpaired) electrons. The van der Waals surface area contributed by atoms with Gasteiger partial charge in [0.15, 0.2) is 0 Å². The van der Waals surface area contributed by atoms with Crippen LogP contribution in [0.2, 0.25) is 0 Å². The van der Waals surface area contributed by atoms with E-state index in [0.717, 1.165) is 16.0 Å². The standard InChI is InChI=1S/C43H41N5O7S/c49-37-21-22-38(50)45-35(26-33-12-7-23-56-33)40(51)46-34(24-27-13-17-30(18-14-27)29-8-3-1-4-9-29)41(52)48-39(31-10-5-2-6-11-31)42(53)47-36(43(54)55)25-28-15-19-32(44-37)20-16-28/h1-20,23,34-36,39H,21-22,24-26H2,(H,44,49)(H,45,50)(H,46,51)(H,47,53)(H,48,52)(H,54,55)/t34-,35+,36+,39+/m0/s1. The summed E-state index contributed by atoms with van der Waals surface area (Å²) in [5.41, 5.74) is 4.05. The summed E-state index contributed by atoms with van der Waals surface area (Å²) in [6.07, 6.45) is -0.321. The fourth-order valence-corrected chi connectivity index (χ4v) is 7.09. The van der Waals surface area contributed by atoms with Crippen LogP contribution >= 0.6 is 11.3 Å². The lowest BCUT2D eigenvalue weighted by molar-refractivity contribution is -0.142. The number of anilines is 1. The van der Waals surface area contributed by atoms with Crippen LogP contribution in [0.3, 0.4) is 0 Å². The molecule has 13 heteroatoms. The largest absolute Gasteiger partial charge is 0.480 e. The lowest BCUT2D eigenvalue weighted by atomic mass is 9.99. The molecule has 4 aromatic carbocycles. The van der Waals surface area contributed by atoms with Gasteiger partial charge in [-0.15, -0.1) is 11.3 Å². The van der Waals surface area contributed by atoms with Crippen LogP contribution in [-0.2, 0) is 48.0 Å². The lowest BCUT2D eigenvalue weighted by Gasteiger charge is -2.26. The van der Waals surface area contributed by atoms with E-state index in [-0.39, 0.29) is 32.1 Å². The number of carboxylic acid groups (broad SMARTS) is 1. The number of fused-ring (bicyclic) bond motifs is 18. The average molecular weight is 772 g/mol. The van der Waals surface area contributed by atoms with Crippen LogP contribution in [0.5, 0.6) is 0 Å². The number of rotatable bonds is 7. The maximum absolute atomic E-state index is 14.4. The van der Waals surface area contributed by atoms with Gasteiger partial charge in [-0.25, -0.2) is 4.79 Å². The molecular weight excluding hydrogens is 731 g/mol. The molecule has 5 amide bonds. The van der Waals surface area contributed by atoms with Gasteiger partial charge in [0, 0.05) is 42.7 Å². The van der Waals surface area contributed by atoms with Gasteiger partial charge in [-0.3, -0.25) is 24.0 Å². The zero-order valence-electron chi connectivity index (χ0n) is 30.3. The van der Waals surface area contributed by atoms with Gasteiger partial charge in [-0.2, -0.15) is 0 Å². The van der Waals surface area contributed by atoms with Crippen LogP contribution in [0.25, 0.3) is 11.1 Å². The fraction of sp³-hybridized carbons (Fsp3) is 0.209. The van der Waals surface area contributed by atoms with Gasteiger partial charge in [0.25, 0.3) is 0 Å². The maximum atomic E-state index is 14.4. The molecule has 0 spiro atoms. The van der Waals surface area contributed by atoms with E-state index in [1.54, 1.807) is 54.6 Å². The molecule has 0 saturated carbocycles. The van der Waals surface area contributed by atoms with Crippen LogP contribution < -0.4 is 26.6 Å². The summed E-state index contributed by atoms with van der Waals surface area (Å²) in [4.78, 5) is 81.7. The second kappa shape index (κ2) is 18.6. The summed E-state index contributed by atoms with van der Waals surface area (Å²) in [6.45, 7) is 0. The van der Waals surface area contributed by atoms with Crippen LogP contribution in [0.4, 0.5) is 5.69 Å². The van der Waals surface area contributed by atoms with E-state index in [2.05, 4.69) is 26.6 Å². The highest BCUT2D eigenvalue weighted by molar-refractivity contribution is 7.09. The van der Waals surface area contributed by atoms with Gasteiger partial charge in [0.2, 0.25) is 29.5 Å². The number of benzene rings is 4. The fourth-order valence-electron chi connectivity index (χ4n) is 6.34. The third kappa shape index (κ3) is 10.8. The van der Waals surface area contributed by atoms with Gasteiger partial charge >= 0.3 is 5.97 Å². The minimum Gasteiger partial charge on any atom is -0.480 e. The van der Waals surface area contributed by atoms with Crippen LogP contribution in [-0.4, -0.2) is 58.7 Å². The van der Waals surface area contributed by atoms with E-state index in [1.807, 2.05) is 72.1 Å². The first-order valence-corrected chi connectivity index (χ1v) is 19.0. The first-order valence-electron chi connectivity index (χ1n) is 18.1. The van der Waals surface area contributed by atoms with Crippen molar-refractivity contribution in [3.05, 3.63) is 148 Å². The van der Waals surface area contributed by atoms with Crippen molar-refractivity contribution in [3.8, 4) is 11.1 Å². The predicted octanol–water partition coefficient (Wildman–Crippen LogP) is 4.57. The highest BCUT2D eigenvalue weighted by Crippen LogP contribution is 2.21. The Bertz CT molecular complexity index is 2140. The van der Waals surface area contributed by atoms with Gasteiger partial charge in [-0.05, 0) is 51.4 Å². The Balaban J connectivity index is 1.35. The van der Waals surface area contributed by atoms with E-state index in [0.29, 0.717) is 22.4 Å². The van der Waals surface area contributed by atoms with Crippen LogP contribution in [0, 0.1) is 0 Å². The predicted molar refractivity (Wildman–Crippen MR) is 212 cm³/mol. The molecule has 56 heavy (non-hydrogen) atoms. The summed E-state index contributed by atoms with van der Waals surface area (Å²) in [5, 5.41) is 25.6. The molecule has 5 aromatic rings. The zero-order chi connectivity index (χ0) is 39.4. The van der Waals surface area contributed by atoms with Crippen LogP contribution in [0.15, 0.2) is 127 Å². The highest BCUT2D eigenvalue weighted by Gasteiger charge is 2.33. The van der Waals surface area contributed by atoms with Crippen molar-refractivity contribution in [2.45, 2.75) is 56.3 Å². The molecule has 7 rings (SSSR count). The van der Waals surface area contributed by atoms with E-state index >= 15 is 0 Å². The molecule has 3 heterocycles. The first kappa shape index (κ1) is 39.1. The molecule has 0 fully saturated rings. The van der Waals surface area contributed by atoms with E-state index in [4.69, 9.17) is 0 Å². The Hall–Kier alpha value is -6.60. The van der Waals surface area contributed by atoms with E-state index in [9.17, 15) is 33.9 Å². The second-order valence-electron chi connectivity index (χ2n) is 13.4. The van der Waals surface area contributed by atoms with Crippen molar-refractivity contribution in [1.29, 1.82) is 0 Å². The summed E-state index contributed by atoms with van der Waals surface area (Å²) in [6, 6.07) is 30.7. The van der Waals surface area contributed by atoms with Crippen molar-refractivity contribution in [1.82, 2.24) is 21.3 Å². The summed E-state index contributed by atoms with van der Waals surface area (Å²) >= 11 is 1.40. The van der Waals surface area contributed by atoms with Gasteiger partial charge < -0.3 is 31.7 Å². The number of nitrogens with one attached hydrogen (secondary N) is 5. The van der Waals surface area contributed by atoms with Crippen molar-refractivity contribution in [3.63, 3.8) is 0 Å². The number of carbonyl (C=O) groups is 6. The minimum atomic E-state index is -1.37. The van der Waals surface area contributed by atoms with Gasteiger partial charge in [0.05, 0.1) is 0 Å². The smallest absolute Gasteiger partial charge is 0.326 e. The SMILES string of the molecule is O=C1CCC(=O)N[C@H](Cc2cccs2)C(=O)N[C@@H](Cc2ccc(-c3ccccc3)cc2)C(=O)N[C@H](c2ccccc2)C(=O)N[C@@H](C(=O)O)Cc2ccc(cc2)N1. The zero-order valence-corrected chi connectivity index (χ0v) is 31.1. The second-order valence-corrected chi connectivity index (χ2v) is 14.5. The minimum absolute atomic E-state index is 0.0170. The Morgan fingerprint density at radius 1 is 0.607 bits per heavy atom. The molecule has 0 aliphatic carbocycles. The Morgan fingerprint density at radius 2 is 1.23 bits per heavy atom. The summed E-state index contributed by atoms with van der Waals surface area (Å²) < 4.78 is 0. The highest BCUT2D eigenvalue weighted by atomic mass is 32.1. The summed E-state index contributed by atoms with van der Waals surface area (Å²) in [5.74, 6) is -4.38. The van der Waals surface area contributed by atoms with E-state index < -0.39 is 59.7 Å². The van der Waals surface area contributed by atoms with Crippen molar-refractivity contribution in [2.75, 3.05) is 5.32 Å². The molecule has 0 saturated heterocycles. The molecule has 2 aliphatic rings.